The Morgan fingerprint density at radius 3 is 1.94 bits per heavy atom. The predicted octanol–water partition coefficient (Wildman–Crippen LogP) is 8.52. The van der Waals surface area contributed by atoms with Crippen molar-refractivity contribution in [3.63, 3.8) is 0 Å². The topological polar surface area (TPSA) is 286 Å². The highest BCUT2D eigenvalue weighted by atomic mass is 31.3. The fourth-order valence-electron chi connectivity index (χ4n) is 6.75. The molecule has 1 aromatic rings. The number of hydrogen-bond acceptors (Lipinski definition) is 16. The van der Waals surface area contributed by atoms with Crippen molar-refractivity contribution in [3.05, 3.63) is 83.5 Å². The minimum atomic E-state index is -5.44. The number of rotatable bonds is 39. The second-order valence-corrected chi connectivity index (χ2v) is 19.8. The number of carbonyl (C=O) groups excluding carboxylic acids is 2. The van der Waals surface area contributed by atoms with Gasteiger partial charge in [0.05, 0.1) is 19.3 Å². The summed E-state index contributed by atoms with van der Waals surface area (Å²) in [5.41, 5.74) is 4.57. The highest BCUT2D eigenvalue weighted by Gasteiger charge is 2.46. The Kier molecular flexibility index (Phi) is 32.4. The largest absolute Gasteiger partial charge is 0.481 e. The summed E-state index contributed by atoms with van der Waals surface area (Å²) in [7, 11) is -10.9. The van der Waals surface area contributed by atoms with Gasteiger partial charge in [0.1, 0.15) is 30.7 Å². The van der Waals surface area contributed by atoms with Gasteiger partial charge < -0.3 is 45.1 Å². The summed E-state index contributed by atoms with van der Waals surface area (Å²) < 4.78 is 56.6. The number of nitrogens with two attached hydrogens (primary N) is 1. The Morgan fingerprint density at radius 1 is 0.754 bits per heavy atom. The fourth-order valence-corrected chi connectivity index (χ4v) is 8.86. The predicted molar refractivity (Wildman–Crippen MR) is 262 cm³/mol. The molecule has 0 aromatic carbocycles. The van der Waals surface area contributed by atoms with Crippen LogP contribution in [0, 0.1) is 0 Å². The first-order valence-electron chi connectivity index (χ1n) is 24.4. The summed E-state index contributed by atoms with van der Waals surface area (Å²) in [6.07, 6.45) is 31.2. The van der Waals surface area contributed by atoms with Crippen LogP contribution in [-0.4, -0.2) is 96.9 Å². The molecule has 1 aliphatic heterocycles. The Bertz CT molecular complexity index is 1910. The molecule has 2 heterocycles. The lowest BCUT2D eigenvalue weighted by Crippen LogP contribution is -2.36. The molecule has 0 spiro atoms. The van der Waals surface area contributed by atoms with E-state index in [0.29, 0.717) is 19.3 Å². The summed E-state index contributed by atoms with van der Waals surface area (Å²) in [6.45, 7) is 1.78. The Hall–Kier alpha value is -3.58. The number of aromatic nitrogens is 2. The first kappa shape index (κ1) is 61.5. The molecule has 0 aliphatic carbocycles. The van der Waals surface area contributed by atoms with E-state index in [1.807, 2.05) is 25.2 Å². The molecule has 0 amide bonds. The third-order valence-corrected chi connectivity index (χ3v) is 13.3. The lowest BCUT2D eigenvalue weighted by Gasteiger charge is -2.21. The number of phosphoric acid groups is 2. The zero-order valence-corrected chi connectivity index (χ0v) is 42.2. The van der Waals surface area contributed by atoms with Crippen LogP contribution in [0.15, 0.2) is 77.8 Å². The molecule has 0 radical (unpaired) electrons. The van der Waals surface area contributed by atoms with Crippen molar-refractivity contribution in [2.45, 2.75) is 185 Å². The number of nitrogens with zero attached hydrogens (tertiary/aromatic N) is 2. The van der Waals surface area contributed by atoms with Gasteiger partial charge in [-0.05, 0) is 89.5 Å². The van der Waals surface area contributed by atoms with Crippen LogP contribution in [0.25, 0.3) is 0 Å². The van der Waals surface area contributed by atoms with Crippen molar-refractivity contribution < 1.29 is 71.4 Å². The monoisotopic (exact) mass is 1020 g/mol. The number of unbranched alkanes of at least 4 members (excludes halogenated alkanes) is 10. The van der Waals surface area contributed by atoms with E-state index >= 15 is 0 Å². The maximum Gasteiger partial charge on any atom is 0.481 e. The van der Waals surface area contributed by atoms with E-state index in [2.05, 4.69) is 58.8 Å². The van der Waals surface area contributed by atoms with E-state index in [-0.39, 0.29) is 24.8 Å². The van der Waals surface area contributed by atoms with E-state index in [4.69, 9.17) is 29.0 Å². The molecule has 1 fully saturated rings. The maximum absolute atomic E-state index is 12.8. The van der Waals surface area contributed by atoms with Gasteiger partial charge in [0, 0.05) is 19.0 Å². The number of carbonyl (C=O) groups is 2. The molecule has 19 nitrogen and oxygen atoms in total. The number of hydrogen-bond donors (Lipinski definition) is 6. The highest BCUT2D eigenvalue weighted by Crippen LogP contribution is 2.60. The minimum Gasteiger partial charge on any atom is -0.462 e. The molecule has 8 atom stereocenters. The molecule has 2 unspecified atom stereocenters. The minimum absolute atomic E-state index is 0.0192. The van der Waals surface area contributed by atoms with Crippen LogP contribution >= 0.6 is 15.6 Å². The summed E-state index contributed by atoms with van der Waals surface area (Å²) in [5.74, 6) is -1.40. The maximum atomic E-state index is 12.8. The SMILES string of the molecule is CCCCCC/C=C\CCCCCCCC(=O)O[C@H](COC(=O)CCC/C=C\C/C=C\C/C=C\C/C=C\CC[C@@H](O)CC)COP(=O)(O)OP(=O)(O)OC[C@H]1O[C@@H](n2ccc(N)nc2=O)[C@H](O)[C@@H]1O. The average Bonchev–Trinajstić information content (AvgIpc) is 3.58. The van der Waals surface area contributed by atoms with Crippen LogP contribution in [0.2, 0.25) is 0 Å². The fraction of sp³-hybridized carbons (Fsp3) is 0.667. The zero-order valence-electron chi connectivity index (χ0n) is 40.5. The van der Waals surface area contributed by atoms with Gasteiger partial charge in [-0.2, -0.15) is 9.29 Å². The molecule has 7 N–H and O–H groups in total. The lowest BCUT2D eigenvalue weighted by atomic mass is 10.1. The Balaban J connectivity index is 1.84. The van der Waals surface area contributed by atoms with E-state index in [1.54, 1.807) is 0 Å². The van der Waals surface area contributed by atoms with Crippen molar-refractivity contribution in [3.8, 4) is 0 Å². The molecule has 69 heavy (non-hydrogen) atoms. The molecule has 2 rings (SSSR count). The first-order valence-corrected chi connectivity index (χ1v) is 27.4. The smallest absolute Gasteiger partial charge is 0.462 e. The highest BCUT2D eigenvalue weighted by molar-refractivity contribution is 7.61. The number of nitrogen functional groups attached to an aromatic ring is 1. The van der Waals surface area contributed by atoms with E-state index < -0.39 is 83.7 Å². The summed E-state index contributed by atoms with van der Waals surface area (Å²) in [6, 6.07) is 1.24. The lowest BCUT2D eigenvalue weighted by molar-refractivity contribution is -0.161. The normalized spacial score (nSPS) is 20.3. The number of allylic oxidation sites excluding steroid dienone is 10. The summed E-state index contributed by atoms with van der Waals surface area (Å²) in [5, 5.41) is 30.5. The van der Waals surface area contributed by atoms with Crippen molar-refractivity contribution >= 4 is 33.4 Å². The molecule has 0 bridgehead atoms. The van der Waals surface area contributed by atoms with Gasteiger partial charge in [0.2, 0.25) is 0 Å². The number of aliphatic hydroxyl groups excluding tert-OH is 3. The quantitative estimate of drug-likeness (QED) is 0.0156. The molecule has 0 saturated carbocycles. The van der Waals surface area contributed by atoms with Crippen molar-refractivity contribution in [1.29, 1.82) is 0 Å². The average molecular weight is 1020 g/mol. The number of esters is 2. The third kappa shape index (κ3) is 29.4. The summed E-state index contributed by atoms with van der Waals surface area (Å²) >= 11 is 0. The molecular weight excluding hydrogens is 936 g/mol. The van der Waals surface area contributed by atoms with Crippen molar-refractivity contribution in [1.82, 2.24) is 9.55 Å². The first-order chi connectivity index (χ1) is 33.1. The van der Waals surface area contributed by atoms with Gasteiger partial charge in [-0.15, -0.1) is 0 Å². The molecule has 392 valence electrons. The van der Waals surface area contributed by atoms with Crippen LogP contribution in [0.4, 0.5) is 5.82 Å². The van der Waals surface area contributed by atoms with Gasteiger partial charge in [-0.1, -0.05) is 113 Å². The van der Waals surface area contributed by atoms with Crippen LogP contribution in [0.3, 0.4) is 0 Å². The second-order valence-electron chi connectivity index (χ2n) is 16.7. The zero-order chi connectivity index (χ0) is 50.8. The van der Waals surface area contributed by atoms with Crippen LogP contribution in [-0.2, 0) is 46.3 Å². The second kappa shape index (κ2) is 36.4. The van der Waals surface area contributed by atoms with Crippen molar-refractivity contribution in [2.75, 3.05) is 25.6 Å². The number of phosphoric ester groups is 2. The van der Waals surface area contributed by atoms with Gasteiger partial charge in [0.15, 0.2) is 12.3 Å². The van der Waals surface area contributed by atoms with Gasteiger partial charge in [-0.3, -0.25) is 23.2 Å². The van der Waals surface area contributed by atoms with Crippen LogP contribution in [0.5, 0.6) is 0 Å². The molecule has 1 saturated heterocycles. The molecular formula is C48H79N3O16P2. The third-order valence-electron chi connectivity index (χ3n) is 10.7. The van der Waals surface area contributed by atoms with Crippen LogP contribution in [0.1, 0.15) is 155 Å². The number of anilines is 1. The van der Waals surface area contributed by atoms with Gasteiger partial charge in [-0.25, -0.2) is 13.9 Å². The standard InChI is InChI=1S/C48H79N3O16P2/c1-3-5-6-7-8-9-10-13-18-21-24-27-30-33-44(54)65-40(36-62-43(53)32-29-26-23-20-17-15-12-11-14-16-19-22-25-28-31-39(52)4-2)37-63-68(58,59)67-69(60,61)64-38-41-45(55)46(56)47(66-41)51-35-34-42(49)50-48(51)57/h9-10,12,14-16,20,22-23,25,34-35,39-41,45-47,52,55-56H,3-8,11,13,17-19,21,24,26-33,36-38H2,1-2H3,(H,58,59)(H,60,61)(H2,49,50,57)/b10-9-,15-12-,16-14-,23-20-,25-22-/t39-,40+,41+,45+,46+,47+/m0/s1. The Morgan fingerprint density at radius 2 is 1.30 bits per heavy atom. The summed E-state index contributed by atoms with van der Waals surface area (Å²) in [4.78, 5) is 61.8. The number of ether oxygens (including phenoxy) is 3. The van der Waals surface area contributed by atoms with E-state index in [1.165, 1.54) is 31.7 Å². The Labute approximate surface area is 407 Å². The molecule has 1 aliphatic rings. The van der Waals surface area contributed by atoms with Gasteiger partial charge in [0.25, 0.3) is 0 Å². The number of aliphatic hydroxyl groups is 3. The molecule has 21 heteroatoms. The molecule has 1 aromatic heterocycles. The van der Waals surface area contributed by atoms with E-state index in [9.17, 15) is 48.6 Å². The van der Waals surface area contributed by atoms with Crippen molar-refractivity contribution in [2.24, 2.45) is 0 Å². The van der Waals surface area contributed by atoms with Gasteiger partial charge >= 0.3 is 33.3 Å². The van der Waals surface area contributed by atoms with E-state index in [0.717, 1.165) is 87.8 Å². The van der Waals surface area contributed by atoms with Crippen LogP contribution < -0.4 is 11.4 Å².